The molecule has 2 aromatic carbocycles. The number of methoxy groups -OCH3 is 3. The van der Waals surface area contributed by atoms with E-state index < -0.39 is 0 Å². The highest BCUT2D eigenvalue weighted by molar-refractivity contribution is 9.10. The van der Waals surface area contributed by atoms with Crippen LogP contribution in [0, 0.1) is 0 Å². The van der Waals surface area contributed by atoms with Crippen LogP contribution in [-0.4, -0.2) is 39.3 Å². The number of halogens is 1. The molecule has 0 bridgehead atoms. The van der Waals surface area contributed by atoms with Gasteiger partial charge in [0.15, 0.2) is 11.5 Å². The third-order valence-corrected chi connectivity index (χ3v) is 4.40. The first kappa shape index (κ1) is 18.9. The van der Waals surface area contributed by atoms with E-state index in [0.717, 1.165) is 10.0 Å². The fourth-order valence-corrected chi connectivity index (χ4v) is 2.74. The lowest BCUT2D eigenvalue weighted by molar-refractivity contribution is 0.220. The Bertz CT molecular complexity index is 727. The van der Waals surface area contributed by atoms with E-state index in [1.807, 2.05) is 24.3 Å². The second-order valence-electron chi connectivity index (χ2n) is 5.29. The van der Waals surface area contributed by atoms with Crippen molar-refractivity contribution in [2.75, 3.05) is 33.7 Å². The summed E-state index contributed by atoms with van der Waals surface area (Å²) in [6, 6.07) is 10.9. The lowest BCUT2D eigenvalue weighted by atomic mass is 10.2. The Morgan fingerprint density at radius 3 is 2.20 bits per heavy atom. The van der Waals surface area contributed by atoms with Crippen molar-refractivity contribution >= 4 is 27.6 Å². The van der Waals surface area contributed by atoms with Gasteiger partial charge in [0.05, 0.1) is 27.0 Å². The molecule has 6 nitrogen and oxygen atoms in total. The predicted molar refractivity (Wildman–Crippen MR) is 101 cm³/mol. The van der Waals surface area contributed by atoms with Crippen LogP contribution in [0.3, 0.4) is 0 Å². The first-order valence-electron chi connectivity index (χ1n) is 7.55. The number of benzene rings is 2. The summed E-state index contributed by atoms with van der Waals surface area (Å²) in [5.74, 6) is 1.43. The van der Waals surface area contributed by atoms with Crippen molar-refractivity contribution in [1.29, 1.82) is 0 Å². The number of amides is 2. The standard InChI is InChI=1S/C18H21BrN2O4/c1-21(11-12-7-5-6-8-14(12)19)18(22)20-13-9-15(23-2)17(25-4)16(10-13)24-3/h5-10H,11H2,1-4H3,(H,20,22). The van der Waals surface area contributed by atoms with E-state index in [1.54, 1.807) is 24.1 Å². The number of hydrogen-bond donors (Lipinski definition) is 1. The molecule has 25 heavy (non-hydrogen) atoms. The van der Waals surface area contributed by atoms with Crippen molar-refractivity contribution in [1.82, 2.24) is 4.90 Å². The van der Waals surface area contributed by atoms with Crippen LogP contribution in [-0.2, 0) is 6.54 Å². The van der Waals surface area contributed by atoms with Crippen LogP contribution < -0.4 is 19.5 Å². The molecule has 7 heteroatoms. The number of rotatable bonds is 6. The van der Waals surface area contributed by atoms with Gasteiger partial charge in [0.1, 0.15) is 0 Å². The molecule has 0 saturated heterocycles. The highest BCUT2D eigenvalue weighted by Gasteiger charge is 2.16. The Morgan fingerprint density at radius 1 is 1.08 bits per heavy atom. The van der Waals surface area contributed by atoms with Gasteiger partial charge in [-0.25, -0.2) is 4.79 Å². The van der Waals surface area contributed by atoms with E-state index in [9.17, 15) is 4.79 Å². The average Bonchev–Trinajstić information content (AvgIpc) is 2.62. The van der Waals surface area contributed by atoms with Crippen LogP contribution in [0.15, 0.2) is 40.9 Å². The zero-order chi connectivity index (χ0) is 18.4. The van der Waals surface area contributed by atoms with E-state index in [4.69, 9.17) is 14.2 Å². The first-order valence-corrected chi connectivity index (χ1v) is 8.35. The molecular formula is C18H21BrN2O4. The minimum absolute atomic E-state index is 0.245. The fourth-order valence-electron chi connectivity index (χ4n) is 2.33. The second kappa shape index (κ2) is 8.62. The van der Waals surface area contributed by atoms with Gasteiger partial charge in [-0.3, -0.25) is 0 Å². The maximum Gasteiger partial charge on any atom is 0.321 e. The normalized spacial score (nSPS) is 10.1. The van der Waals surface area contributed by atoms with Crippen molar-refractivity contribution in [2.45, 2.75) is 6.54 Å². The van der Waals surface area contributed by atoms with E-state index >= 15 is 0 Å². The molecule has 0 atom stereocenters. The molecule has 0 aliphatic carbocycles. The van der Waals surface area contributed by atoms with Crippen molar-refractivity contribution < 1.29 is 19.0 Å². The molecular weight excluding hydrogens is 388 g/mol. The summed E-state index contributed by atoms with van der Waals surface area (Å²) in [5, 5.41) is 2.84. The number of carbonyl (C=O) groups excluding carboxylic acids is 1. The van der Waals surface area contributed by atoms with Gasteiger partial charge < -0.3 is 24.4 Å². The van der Waals surface area contributed by atoms with E-state index in [2.05, 4.69) is 21.2 Å². The largest absolute Gasteiger partial charge is 0.493 e. The summed E-state index contributed by atoms with van der Waals surface area (Å²) in [7, 11) is 6.32. The molecule has 2 amide bonds. The van der Waals surface area contributed by atoms with Crippen molar-refractivity contribution in [3.8, 4) is 17.2 Å². The number of nitrogens with one attached hydrogen (secondary N) is 1. The summed E-state index contributed by atoms with van der Waals surface area (Å²) < 4.78 is 16.8. The Hall–Kier alpha value is -2.41. The van der Waals surface area contributed by atoms with Gasteiger partial charge in [0, 0.05) is 30.2 Å². The van der Waals surface area contributed by atoms with Gasteiger partial charge in [0.25, 0.3) is 0 Å². The van der Waals surface area contributed by atoms with Crippen LogP contribution in [0.25, 0.3) is 0 Å². The molecule has 2 aromatic rings. The monoisotopic (exact) mass is 408 g/mol. The van der Waals surface area contributed by atoms with Gasteiger partial charge in [-0.2, -0.15) is 0 Å². The number of urea groups is 1. The summed E-state index contributed by atoms with van der Waals surface area (Å²) in [4.78, 5) is 14.1. The van der Waals surface area contributed by atoms with Crippen LogP contribution in [0.4, 0.5) is 10.5 Å². The summed E-state index contributed by atoms with van der Waals surface area (Å²) in [6.07, 6.45) is 0. The topological polar surface area (TPSA) is 60.0 Å². The second-order valence-corrected chi connectivity index (χ2v) is 6.15. The molecule has 0 unspecified atom stereocenters. The minimum Gasteiger partial charge on any atom is -0.493 e. The molecule has 0 aliphatic heterocycles. The lowest BCUT2D eigenvalue weighted by Gasteiger charge is -2.20. The van der Waals surface area contributed by atoms with Gasteiger partial charge in [-0.1, -0.05) is 34.1 Å². The maximum absolute atomic E-state index is 12.5. The molecule has 0 aliphatic rings. The average molecular weight is 409 g/mol. The SMILES string of the molecule is COc1cc(NC(=O)N(C)Cc2ccccc2Br)cc(OC)c1OC. The van der Waals surface area contributed by atoms with Gasteiger partial charge in [-0.15, -0.1) is 0 Å². The summed E-state index contributed by atoms with van der Waals surface area (Å²) in [6.45, 7) is 0.470. The summed E-state index contributed by atoms with van der Waals surface area (Å²) in [5.41, 5.74) is 1.57. The van der Waals surface area contributed by atoms with E-state index in [1.165, 1.54) is 21.3 Å². The van der Waals surface area contributed by atoms with Crippen molar-refractivity contribution in [3.63, 3.8) is 0 Å². The van der Waals surface area contributed by atoms with Crippen LogP contribution in [0.5, 0.6) is 17.2 Å². The highest BCUT2D eigenvalue weighted by Crippen LogP contribution is 2.40. The maximum atomic E-state index is 12.5. The first-order chi connectivity index (χ1) is 12.0. The van der Waals surface area contributed by atoms with Crippen molar-refractivity contribution in [2.24, 2.45) is 0 Å². The number of carbonyl (C=O) groups is 1. The Morgan fingerprint density at radius 2 is 1.68 bits per heavy atom. The zero-order valence-corrected chi connectivity index (χ0v) is 16.2. The van der Waals surface area contributed by atoms with Crippen LogP contribution in [0.2, 0.25) is 0 Å². The molecule has 0 saturated carbocycles. The Balaban J connectivity index is 2.15. The number of anilines is 1. The quantitative estimate of drug-likeness (QED) is 0.779. The Labute approximate surface area is 155 Å². The highest BCUT2D eigenvalue weighted by atomic mass is 79.9. The van der Waals surface area contributed by atoms with E-state index in [-0.39, 0.29) is 6.03 Å². The molecule has 134 valence electrons. The van der Waals surface area contributed by atoms with Gasteiger partial charge in [-0.05, 0) is 11.6 Å². The fraction of sp³-hybridized carbons (Fsp3) is 0.278. The number of nitrogens with zero attached hydrogens (tertiary/aromatic N) is 1. The third kappa shape index (κ3) is 4.57. The molecule has 0 heterocycles. The zero-order valence-electron chi connectivity index (χ0n) is 14.6. The number of ether oxygens (including phenoxy) is 3. The number of hydrogen-bond acceptors (Lipinski definition) is 4. The summed E-state index contributed by atoms with van der Waals surface area (Å²) >= 11 is 3.49. The molecule has 0 radical (unpaired) electrons. The minimum atomic E-state index is -0.245. The van der Waals surface area contributed by atoms with Crippen LogP contribution >= 0.6 is 15.9 Å². The molecule has 0 fully saturated rings. The smallest absolute Gasteiger partial charge is 0.321 e. The molecule has 2 rings (SSSR count). The lowest BCUT2D eigenvalue weighted by Crippen LogP contribution is -2.31. The molecule has 0 aromatic heterocycles. The Kier molecular flexibility index (Phi) is 6.52. The van der Waals surface area contributed by atoms with Crippen molar-refractivity contribution in [3.05, 3.63) is 46.4 Å². The van der Waals surface area contributed by atoms with Gasteiger partial charge in [0.2, 0.25) is 5.75 Å². The van der Waals surface area contributed by atoms with Gasteiger partial charge >= 0.3 is 6.03 Å². The van der Waals surface area contributed by atoms with E-state index in [0.29, 0.717) is 29.5 Å². The molecule has 0 spiro atoms. The third-order valence-electron chi connectivity index (χ3n) is 3.63. The van der Waals surface area contributed by atoms with Crippen LogP contribution in [0.1, 0.15) is 5.56 Å². The predicted octanol–water partition coefficient (Wildman–Crippen LogP) is 4.14. The molecule has 1 N–H and O–H groups in total.